The summed E-state index contributed by atoms with van der Waals surface area (Å²) in [4.78, 5) is 11.9. The average Bonchev–Trinajstić information content (AvgIpc) is 2.46. The first kappa shape index (κ1) is 14.5. The van der Waals surface area contributed by atoms with Gasteiger partial charge in [0.05, 0.1) is 0 Å². The lowest BCUT2D eigenvalue weighted by atomic mass is 10.1. The summed E-state index contributed by atoms with van der Waals surface area (Å²) in [6.07, 6.45) is 0. The minimum absolute atomic E-state index is 0.163. The highest BCUT2D eigenvalue weighted by Gasteiger charge is 2.20. The summed E-state index contributed by atoms with van der Waals surface area (Å²) in [5.41, 5.74) is 6.57. The number of benzene rings is 2. The smallest absolute Gasteiger partial charge is 0.327 e. The average molecular weight is 294 g/mol. The molecule has 2 aromatic carbocycles. The SMILES string of the molecule is N[C@@H](C(=O)OCc1ccccc1F)c1ccccc1Cl. The molecule has 0 aliphatic heterocycles. The molecule has 20 heavy (non-hydrogen) atoms. The zero-order valence-corrected chi connectivity index (χ0v) is 11.3. The number of rotatable bonds is 4. The molecule has 2 aromatic rings. The lowest BCUT2D eigenvalue weighted by Crippen LogP contribution is -2.24. The Morgan fingerprint density at radius 3 is 2.55 bits per heavy atom. The van der Waals surface area contributed by atoms with E-state index in [0.717, 1.165) is 0 Å². The Morgan fingerprint density at radius 2 is 1.85 bits per heavy atom. The van der Waals surface area contributed by atoms with Crippen molar-refractivity contribution >= 4 is 17.6 Å². The van der Waals surface area contributed by atoms with Crippen LogP contribution in [0.2, 0.25) is 5.02 Å². The third-order valence-electron chi connectivity index (χ3n) is 2.82. The molecule has 104 valence electrons. The van der Waals surface area contributed by atoms with Gasteiger partial charge in [-0.25, -0.2) is 9.18 Å². The summed E-state index contributed by atoms with van der Waals surface area (Å²) in [7, 11) is 0. The Hall–Kier alpha value is -1.91. The topological polar surface area (TPSA) is 52.3 Å². The molecular weight excluding hydrogens is 281 g/mol. The second kappa shape index (κ2) is 6.50. The summed E-state index contributed by atoms with van der Waals surface area (Å²) in [5.74, 6) is -1.08. The van der Waals surface area contributed by atoms with Gasteiger partial charge in [-0.2, -0.15) is 0 Å². The third-order valence-corrected chi connectivity index (χ3v) is 3.17. The van der Waals surface area contributed by atoms with Crippen LogP contribution in [0.4, 0.5) is 4.39 Å². The monoisotopic (exact) mass is 293 g/mol. The summed E-state index contributed by atoms with van der Waals surface area (Å²) < 4.78 is 18.4. The molecule has 0 bridgehead atoms. The van der Waals surface area contributed by atoms with E-state index in [1.165, 1.54) is 6.07 Å². The summed E-state index contributed by atoms with van der Waals surface area (Å²) in [6, 6.07) is 11.8. The number of carbonyl (C=O) groups is 1. The molecule has 0 aromatic heterocycles. The molecule has 2 N–H and O–H groups in total. The maximum absolute atomic E-state index is 13.4. The first-order valence-electron chi connectivity index (χ1n) is 5.99. The van der Waals surface area contributed by atoms with Crippen LogP contribution in [0.25, 0.3) is 0 Å². The molecule has 0 radical (unpaired) electrons. The van der Waals surface area contributed by atoms with Crippen LogP contribution in [0.5, 0.6) is 0 Å². The zero-order valence-electron chi connectivity index (χ0n) is 10.6. The molecule has 0 heterocycles. The Balaban J connectivity index is 2.02. The number of hydrogen-bond acceptors (Lipinski definition) is 3. The van der Waals surface area contributed by atoms with Crippen molar-refractivity contribution in [2.24, 2.45) is 5.73 Å². The third kappa shape index (κ3) is 3.35. The van der Waals surface area contributed by atoms with Gasteiger partial charge < -0.3 is 10.5 Å². The minimum atomic E-state index is -0.990. The van der Waals surface area contributed by atoms with E-state index >= 15 is 0 Å². The maximum atomic E-state index is 13.4. The van der Waals surface area contributed by atoms with Crippen LogP contribution < -0.4 is 5.73 Å². The van der Waals surface area contributed by atoms with Crippen molar-refractivity contribution in [1.29, 1.82) is 0 Å². The highest BCUT2D eigenvalue weighted by Crippen LogP contribution is 2.22. The van der Waals surface area contributed by atoms with Crippen molar-refractivity contribution in [3.8, 4) is 0 Å². The van der Waals surface area contributed by atoms with Gasteiger partial charge in [-0.15, -0.1) is 0 Å². The highest BCUT2D eigenvalue weighted by atomic mass is 35.5. The number of halogens is 2. The molecule has 1 atom stereocenters. The van der Waals surface area contributed by atoms with Gasteiger partial charge in [0.2, 0.25) is 0 Å². The van der Waals surface area contributed by atoms with Crippen LogP contribution in [0.1, 0.15) is 17.2 Å². The van der Waals surface area contributed by atoms with Crippen LogP contribution in [0.3, 0.4) is 0 Å². The fraction of sp³-hybridized carbons (Fsp3) is 0.133. The Labute approximate surface area is 121 Å². The van der Waals surface area contributed by atoms with E-state index in [2.05, 4.69) is 0 Å². The fourth-order valence-corrected chi connectivity index (χ4v) is 1.96. The van der Waals surface area contributed by atoms with E-state index in [4.69, 9.17) is 22.1 Å². The van der Waals surface area contributed by atoms with E-state index in [0.29, 0.717) is 16.1 Å². The Kier molecular flexibility index (Phi) is 4.71. The molecule has 0 unspecified atom stereocenters. The second-order valence-corrected chi connectivity index (χ2v) is 4.61. The number of carbonyl (C=O) groups excluding carboxylic acids is 1. The Bertz CT molecular complexity index is 618. The molecule has 3 nitrogen and oxygen atoms in total. The molecule has 2 rings (SSSR count). The normalized spacial score (nSPS) is 11.9. The van der Waals surface area contributed by atoms with Gasteiger partial charge in [0.15, 0.2) is 0 Å². The van der Waals surface area contributed by atoms with Gasteiger partial charge in [-0.1, -0.05) is 48.0 Å². The molecule has 0 fully saturated rings. The van der Waals surface area contributed by atoms with Crippen molar-refractivity contribution in [2.75, 3.05) is 0 Å². The largest absolute Gasteiger partial charge is 0.459 e. The molecule has 0 saturated heterocycles. The van der Waals surface area contributed by atoms with E-state index in [9.17, 15) is 9.18 Å². The summed E-state index contributed by atoms with van der Waals surface area (Å²) >= 11 is 5.96. The van der Waals surface area contributed by atoms with Gasteiger partial charge in [-0.3, -0.25) is 0 Å². The summed E-state index contributed by atoms with van der Waals surface area (Å²) in [5, 5.41) is 0.392. The van der Waals surface area contributed by atoms with Crippen molar-refractivity contribution in [3.05, 3.63) is 70.5 Å². The molecule has 0 aliphatic carbocycles. The van der Waals surface area contributed by atoms with Gasteiger partial charge >= 0.3 is 5.97 Å². The Morgan fingerprint density at radius 1 is 1.20 bits per heavy atom. The molecule has 0 saturated carbocycles. The van der Waals surface area contributed by atoms with Crippen molar-refractivity contribution in [3.63, 3.8) is 0 Å². The highest BCUT2D eigenvalue weighted by molar-refractivity contribution is 6.31. The van der Waals surface area contributed by atoms with Crippen LogP contribution in [0.15, 0.2) is 48.5 Å². The number of nitrogens with two attached hydrogens (primary N) is 1. The first-order valence-corrected chi connectivity index (χ1v) is 6.37. The first-order chi connectivity index (χ1) is 9.59. The van der Waals surface area contributed by atoms with Crippen molar-refractivity contribution in [1.82, 2.24) is 0 Å². The van der Waals surface area contributed by atoms with E-state index in [1.54, 1.807) is 42.5 Å². The van der Waals surface area contributed by atoms with Crippen LogP contribution >= 0.6 is 11.6 Å². The fourth-order valence-electron chi connectivity index (χ4n) is 1.71. The van der Waals surface area contributed by atoms with Gasteiger partial charge in [0.25, 0.3) is 0 Å². The van der Waals surface area contributed by atoms with Gasteiger partial charge in [0.1, 0.15) is 18.5 Å². The van der Waals surface area contributed by atoms with Crippen LogP contribution in [0, 0.1) is 5.82 Å². The second-order valence-electron chi connectivity index (χ2n) is 4.20. The minimum Gasteiger partial charge on any atom is -0.459 e. The zero-order chi connectivity index (χ0) is 14.5. The van der Waals surface area contributed by atoms with E-state index in [1.807, 2.05) is 0 Å². The quantitative estimate of drug-likeness (QED) is 0.881. The number of esters is 1. The molecule has 0 spiro atoms. The molecule has 0 amide bonds. The molecule has 5 heteroatoms. The molecule has 0 aliphatic rings. The standard InChI is InChI=1S/C15H13ClFNO2/c16-12-7-3-2-6-11(12)14(18)15(19)20-9-10-5-1-4-8-13(10)17/h1-8,14H,9,18H2/t14-/m1/s1. The maximum Gasteiger partial charge on any atom is 0.327 e. The lowest BCUT2D eigenvalue weighted by molar-refractivity contribution is -0.146. The van der Waals surface area contributed by atoms with E-state index < -0.39 is 17.8 Å². The van der Waals surface area contributed by atoms with Crippen LogP contribution in [-0.2, 0) is 16.1 Å². The lowest BCUT2D eigenvalue weighted by Gasteiger charge is -2.13. The van der Waals surface area contributed by atoms with Crippen molar-refractivity contribution < 1.29 is 13.9 Å². The van der Waals surface area contributed by atoms with Gasteiger partial charge in [0, 0.05) is 10.6 Å². The number of ether oxygens (including phenoxy) is 1. The van der Waals surface area contributed by atoms with Gasteiger partial charge in [-0.05, 0) is 17.7 Å². The van der Waals surface area contributed by atoms with Crippen LogP contribution in [-0.4, -0.2) is 5.97 Å². The van der Waals surface area contributed by atoms with Crippen molar-refractivity contribution in [2.45, 2.75) is 12.6 Å². The predicted octanol–water partition coefficient (Wildman–Crippen LogP) is 3.22. The number of hydrogen-bond donors (Lipinski definition) is 1. The summed E-state index contributed by atoms with van der Waals surface area (Å²) in [6.45, 7) is -0.163. The molecular formula is C15H13ClFNO2. The van der Waals surface area contributed by atoms with E-state index in [-0.39, 0.29) is 6.61 Å². The predicted molar refractivity (Wildman–Crippen MR) is 74.6 cm³/mol.